The monoisotopic (exact) mass is 341 g/mol. The van der Waals surface area contributed by atoms with Gasteiger partial charge in [-0.2, -0.15) is 0 Å². The zero-order valence-corrected chi connectivity index (χ0v) is 15.0. The van der Waals surface area contributed by atoms with Crippen LogP contribution in [0.1, 0.15) is 37.9 Å². The van der Waals surface area contributed by atoms with Gasteiger partial charge in [-0.15, -0.1) is 0 Å². The number of aromatic nitrogens is 2. The van der Waals surface area contributed by atoms with Crippen molar-refractivity contribution in [1.29, 1.82) is 0 Å². The Hall–Kier alpha value is -2.63. The third-order valence-electron chi connectivity index (χ3n) is 3.50. The van der Waals surface area contributed by atoms with E-state index in [2.05, 4.69) is 32.5 Å². The van der Waals surface area contributed by atoms with Crippen molar-refractivity contribution in [2.24, 2.45) is 4.99 Å². The van der Waals surface area contributed by atoms with Crippen molar-refractivity contribution in [3.63, 3.8) is 0 Å². The maximum atomic E-state index is 5.77. The van der Waals surface area contributed by atoms with Crippen molar-refractivity contribution in [3.8, 4) is 5.88 Å². The van der Waals surface area contributed by atoms with E-state index in [1.807, 2.05) is 37.3 Å². The second kappa shape index (κ2) is 11.0. The Morgan fingerprint density at radius 1 is 1.08 bits per heavy atom. The molecule has 0 amide bonds. The summed E-state index contributed by atoms with van der Waals surface area (Å²) >= 11 is 0. The SMILES string of the molecule is CCCCOc1ncccc1CN=C(NCC)NCc1ccccn1. The maximum Gasteiger partial charge on any atom is 0.218 e. The molecule has 0 bridgehead atoms. The van der Waals surface area contributed by atoms with E-state index >= 15 is 0 Å². The molecule has 2 heterocycles. The number of guanidine groups is 1. The lowest BCUT2D eigenvalue weighted by Gasteiger charge is -2.12. The Bertz CT molecular complexity index is 645. The summed E-state index contributed by atoms with van der Waals surface area (Å²) in [5.74, 6) is 1.41. The zero-order valence-electron chi connectivity index (χ0n) is 15.0. The van der Waals surface area contributed by atoms with Gasteiger partial charge in [0.2, 0.25) is 5.88 Å². The molecule has 0 unspecified atom stereocenters. The molecule has 6 heteroatoms. The van der Waals surface area contributed by atoms with Crippen molar-refractivity contribution < 1.29 is 4.74 Å². The van der Waals surface area contributed by atoms with E-state index in [1.54, 1.807) is 12.4 Å². The first-order chi connectivity index (χ1) is 12.3. The summed E-state index contributed by atoms with van der Waals surface area (Å²) in [4.78, 5) is 13.3. The molecule has 0 aromatic carbocycles. The second-order valence-electron chi connectivity index (χ2n) is 5.54. The van der Waals surface area contributed by atoms with Crippen molar-refractivity contribution in [1.82, 2.24) is 20.6 Å². The summed E-state index contributed by atoms with van der Waals surface area (Å²) in [7, 11) is 0. The molecule has 0 aliphatic heterocycles. The number of nitrogens with zero attached hydrogens (tertiary/aromatic N) is 3. The molecule has 2 rings (SSSR count). The van der Waals surface area contributed by atoms with Crippen LogP contribution in [0, 0.1) is 0 Å². The Morgan fingerprint density at radius 3 is 2.72 bits per heavy atom. The fourth-order valence-electron chi connectivity index (χ4n) is 2.17. The molecule has 0 aliphatic carbocycles. The highest BCUT2D eigenvalue weighted by molar-refractivity contribution is 5.79. The molecule has 25 heavy (non-hydrogen) atoms. The standard InChI is InChI=1S/C19H27N5O/c1-3-5-13-25-18-16(9-8-12-22-18)14-23-19(20-4-2)24-15-17-10-6-7-11-21-17/h6-12H,3-5,13-15H2,1-2H3,(H2,20,23,24). The third-order valence-corrected chi connectivity index (χ3v) is 3.50. The average Bonchev–Trinajstić information content (AvgIpc) is 2.66. The lowest BCUT2D eigenvalue weighted by molar-refractivity contribution is 0.294. The summed E-state index contributed by atoms with van der Waals surface area (Å²) in [6, 6.07) is 9.78. The molecule has 0 saturated carbocycles. The highest BCUT2D eigenvalue weighted by atomic mass is 16.5. The van der Waals surface area contributed by atoms with E-state index in [9.17, 15) is 0 Å². The molecule has 2 aromatic rings. The largest absolute Gasteiger partial charge is 0.477 e. The fraction of sp³-hybridized carbons (Fsp3) is 0.421. The number of ether oxygens (including phenoxy) is 1. The summed E-state index contributed by atoms with van der Waals surface area (Å²) in [6.07, 6.45) is 5.66. The van der Waals surface area contributed by atoms with Crippen LogP contribution in [0.3, 0.4) is 0 Å². The lowest BCUT2D eigenvalue weighted by atomic mass is 10.2. The first-order valence-electron chi connectivity index (χ1n) is 8.82. The van der Waals surface area contributed by atoms with Crippen molar-refractivity contribution in [2.75, 3.05) is 13.2 Å². The molecule has 0 radical (unpaired) electrons. The summed E-state index contributed by atoms with van der Waals surface area (Å²) < 4.78 is 5.77. The summed E-state index contributed by atoms with van der Waals surface area (Å²) in [5, 5.41) is 6.54. The zero-order chi connectivity index (χ0) is 17.7. The summed E-state index contributed by atoms with van der Waals surface area (Å²) in [5.41, 5.74) is 1.95. The molecule has 0 spiro atoms. The highest BCUT2D eigenvalue weighted by Gasteiger charge is 2.05. The number of rotatable bonds is 9. The van der Waals surface area contributed by atoms with E-state index in [-0.39, 0.29) is 0 Å². The van der Waals surface area contributed by atoms with Gasteiger partial charge in [0.25, 0.3) is 0 Å². The molecule has 6 nitrogen and oxygen atoms in total. The minimum absolute atomic E-state index is 0.507. The first kappa shape index (κ1) is 18.7. The van der Waals surface area contributed by atoms with Gasteiger partial charge in [0.15, 0.2) is 5.96 Å². The van der Waals surface area contributed by atoms with Crippen LogP contribution < -0.4 is 15.4 Å². The number of hydrogen-bond acceptors (Lipinski definition) is 4. The van der Waals surface area contributed by atoms with Gasteiger partial charge in [0, 0.05) is 24.5 Å². The molecular formula is C19H27N5O. The molecule has 134 valence electrons. The van der Waals surface area contributed by atoms with Gasteiger partial charge in [-0.05, 0) is 31.5 Å². The van der Waals surface area contributed by atoms with Crippen LogP contribution in [-0.2, 0) is 13.1 Å². The van der Waals surface area contributed by atoms with Crippen molar-refractivity contribution in [3.05, 3.63) is 54.0 Å². The molecule has 2 aromatic heterocycles. The molecular weight excluding hydrogens is 314 g/mol. The molecule has 0 saturated heterocycles. The molecule has 0 fully saturated rings. The van der Waals surface area contributed by atoms with E-state index < -0.39 is 0 Å². The average molecular weight is 341 g/mol. The Balaban J connectivity index is 1.98. The molecule has 0 atom stereocenters. The summed E-state index contributed by atoms with van der Waals surface area (Å²) in [6.45, 7) is 6.79. The van der Waals surface area contributed by atoms with Crippen LogP contribution in [0.4, 0.5) is 0 Å². The quantitative estimate of drug-likeness (QED) is 0.417. The minimum Gasteiger partial charge on any atom is -0.477 e. The Kier molecular flexibility index (Phi) is 8.24. The van der Waals surface area contributed by atoms with Crippen LogP contribution in [0.2, 0.25) is 0 Å². The Morgan fingerprint density at radius 2 is 1.96 bits per heavy atom. The van der Waals surface area contributed by atoms with Gasteiger partial charge in [-0.3, -0.25) is 4.98 Å². The van der Waals surface area contributed by atoms with Gasteiger partial charge in [-0.1, -0.05) is 25.5 Å². The van der Waals surface area contributed by atoms with Gasteiger partial charge >= 0.3 is 0 Å². The Labute approximate surface area is 149 Å². The third kappa shape index (κ3) is 6.79. The van der Waals surface area contributed by atoms with Gasteiger partial charge < -0.3 is 15.4 Å². The van der Waals surface area contributed by atoms with Gasteiger partial charge in [-0.25, -0.2) is 9.98 Å². The normalized spacial score (nSPS) is 11.2. The second-order valence-corrected chi connectivity index (χ2v) is 5.54. The fourth-order valence-corrected chi connectivity index (χ4v) is 2.17. The predicted molar refractivity (Wildman–Crippen MR) is 101 cm³/mol. The van der Waals surface area contributed by atoms with Crippen LogP contribution in [0.15, 0.2) is 47.7 Å². The number of aliphatic imine (C=N–C) groups is 1. The number of hydrogen-bond donors (Lipinski definition) is 2. The van der Waals surface area contributed by atoms with E-state index in [0.29, 0.717) is 25.6 Å². The topological polar surface area (TPSA) is 71.4 Å². The molecule has 0 aliphatic rings. The van der Waals surface area contributed by atoms with Crippen LogP contribution in [-0.4, -0.2) is 29.1 Å². The highest BCUT2D eigenvalue weighted by Crippen LogP contribution is 2.15. The molecule has 2 N–H and O–H groups in total. The van der Waals surface area contributed by atoms with Crippen molar-refractivity contribution >= 4 is 5.96 Å². The number of unbranched alkanes of at least 4 members (excludes halogenated alkanes) is 1. The lowest BCUT2D eigenvalue weighted by Crippen LogP contribution is -2.37. The van der Waals surface area contributed by atoms with Gasteiger partial charge in [0.05, 0.1) is 25.4 Å². The van der Waals surface area contributed by atoms with Crippen LogP contribution in [0.5, 0.6) is 5.88 Å². The van der Waals surface area contributed by atoms with Gasteiger partial charge in [0.1, 0.15) is 0 Å². The number of nitrogens with one attached hydrogen (secondary N) is 2. The van der Waals surface area contributed by atoms with E-state index in [1.165, 1.54) is 0 Å². The van der Waals surface area contributed by atoms with Crippen LogP contribution >= 0.6 is 0 Å². The maximum absolute atomic E-state index is 5.77. The van der Waals surface area contributed by atoms with E-state index in [4.69, 9.17) is 4.74 Å². The van der Waals surface area contributed by atoms with Crippen molar-refractivity contribution in [2.45, 2.75) is 39.8 Å². The predicted octanol–water partition coefficient (Wildman–Crippen LogP) is 2.91. The van der Waals surface area contributed by atoms with E-state index in [0.717, 1.165) is 36.6 Å². The number of pyridine rings is 2. The smallest absolute Gasteiger partial charge is 0.218 e. The first-order valence-corrected chi connectivity index (χ1v) is 8.82. The minimum atomic E-state index is 0.507. The van der Waals surface area contributed by atoms with Crippen LogP contribution in [0.25, 0.3) is 0 Å².